The van der Waals surface area contributed by atoms with E-state index in [9.17, 15) is 4.79 Å². The van der Waals surface area contributed by atoms with Gasteiger partial charge < -0.3 is 14.6 Å². The van der Waals surface area contributed by atoms with Gasteiger partial charge in [0.2, 0.25) is 0 Å². The van der Waals surface area contributed by atoms with E-state index in [4.69, 9.17) is 4.74 Å². The van der Waals surface area contributed by atoms with Crippen molar-refractivity contribution >= 4 is 11.6 Å². The lowest BCUT2D eigenvalue weighted by Crippen LogP contribution is -2.29. The van der Waals surface area contributed by atoms with Gasteiger partial charge in [-0.25, -0.2) is 0 Å². The molecule has 1 aromatic carbocycles. The molecule has 0 aliphatic carbocycles. The fraction of sp³-hybridized carbons (Fsp3) is 0.167. The molecule has 0 spiro atoms. The van der Waals surface area contributed by atoms with Gasteiger partial charge in [0, 0.05) is 0 Å². The van der Waals surface area contributed by atoms with Crippen molar-refractivity contribution in [2.24, 2.45) is 0 Å². The van der Waals surface area contributed by atoms with Crippen molar-refractivity contribution in [3.63, 3.8) is 0 Å². The van der Waals surface area contributed by atoms with Crippen molar-refractivity contribution in [3.05, 3.63) is 42.8 Å². The molecule has 1 heterocycles. The first-order valence-corrected chi connectivity index (χ1v) is 5.17. The fourth-order valence-corrected chi connectivity index (χ4v) is 1.27. The van der Waals surface area contributed by atoms with Gasteiger partial charge in [0.1, 0.15) is 17.7 Å². The van der Waals surface area contributed by atoms with Gasteiger partial charge in [0.05, 0.1) is 6.20 Å². The van der Waals surface area contributed by atoms with Gasteiger partial charge in [0.25, 0.3) is 5.91 Å². The van der Waals surface area contributed by atoms with Crippen LogP contribution in [0.25, 0.3) is 0 Å². The number of amides is 1. The molecule has 0 aliphatic heterocycles. The molecule has 0 radical (unpaired) electrons. The summed E-state index contributed by atoms with van der Waals surface area (Å²) in [6.45, 7) is 1.68. The Labute approximate surface area is 98.4 Å². The minimum absolute atomic E-state index is 0.253. The van der Waals surface area contributed by atoms with E-state index in [0.717, 1.165) is 0 Å². The number of nitrogens with zero attached hydrogens (tertiary/aromatic N) is 1. The molecule has 0 aliphatic rings. The average Bonchev–Trinajstić information content (AvgIpc) is 2.83. The van der Waals surface area contributed by atoms with Crippen LogP contribution in [-0.4, -0.2) is 17.2 Å². The first-order valence-electron chi connectivity index (χ1n) is 5.17. The van der Waals surface area contributed by atoms with Crippen LogP contribution in [0, 0.1) is 0 Å². The highest BCUT2D eigenvalue weighted by atomic mass is 16.5. The number of hydrogen-bond acceptors (Lipinski definition) is 4. The van der Waals surface area contributed by atoms with E-state index < -0.39 is 6.10 Å². The second-order valence-electron chi connectivity index (χ2n) is 3.48. The number of para-hydroxylation sites is 1. The molecule has 17 heavy (non-hydrogen) atoms. The monoisotopic (exact) mass is 232 g/mol. The summed E-state index contributed by atoms with van der Waals surface area (Å²) in [5.41, 5.74) is 0.513. The summed E-state index contributed by atoms with van der Waals surface area (Å²) >= 11 is 0. The van der Waals surface area contributed by atoms with Crippen LogP contribution in [0.3, 0.4) is 0 Å². The normalized spacial score (nSPS) is 11.8. The summed E-state index contributed by atoms with van der Waals surface area (Å²) in [6, 6.07) is 9.17. The van der Waals surface area contributed by atoms with E-state index in [1.807, 2.05) is 18.2 Å². The molecular weight excluding hydrogens is 220 g/mol. The lowest BCUT2D eigenvalue weighted by molar-refractivity contribution is -0.122. The Hall–Kier alpha value is -2.30. The third-order valence-electron chi connectivity index (χ3n) is 2.13. The smallest absolute Gasteiger partial charge is 0.265 e. The van der Waals surface area contributed by atoms with Crippen molar-refractivity contribution in [2.45, 2.75) is 13.0 Å². The van der Waals surface area contributed by atoms with Crippen molar-refractivity contribution < 1.29 is 14.1 Å². The quantitative estimate of drug-likeness (QED) is 0.876. The average molecular weight is 232 g/mol. The molecule has 1 unspecified atom stereocenters. The minimum atomic E-state index is -0.590. The van der Waals surface area contributed by atoms with Crippen LogP contribution in [0.4, 0.5) is 5.69 Å². The molecule has 1 atom stereocenters. The van der Waals surface area contributed by atoms with Crippen LogP contribution < -0.4 is 10.1 Å². The highest BCUT2D eigenvalue weighted by molar-refractivity contribution is 5.93. The van der Waals surface area contributed by atoms with E-state index in [1.54, 1.807) is 19.1 Å². The van der Waals surface area contributed by atoms with E-state index in [-0.39, 0.29) is 5.91 Å². The molecule has 0 saturated carbocycles. The lowest BCUT2D eigenvalue weighted by atomic mass is 10.3. The van der Waals surface area contributed by atoms with Crippen LogP contribution >= 0.6 is 0 Å². The molecule has 0 bridgehead atoms. The number of rotatable bonds is 4. The van der Waals surface area contributed by atoms with Gasteiger partial charge in [0.15, 0.2) is 6.10 Å². The molecule has 1 aromatic heterocycles. The Morgan fingerprint density at radius 1 is 1.41 bits per heavy atom. The molecule has 88 valence electrons. The SMILES string of the molecule is CC(Oc1ccccc1)C(=O)Nc1cnoc1. The van der Waals surface area contributed by atoms with Gasteiger partial charge in [-0.05, 0) is 19.1 Å². The molecule has 2 rings (SSSR count). The second-order valence-corrected chi connectivity index (χ2v) is 3.48. The molecule has 5 heteroatoms. The van der Waals surface area contributed by atoms with Crippen LogP contribution in [-0.2, 0) is 4.79 Å². The minimum Gasteiger partial charge on any atom is -0.481 e. The standard InChI is InChI=1S/C12H12N2O3/c1-9(17-11-5-3-2-4-6-11)12(15)14-10-7-13-16-8-10/h2-9H,1H3,(H,14,15). The van der Waals surface area contributed by atoms with E-state index in [2.05, 4.69) is 15.0 Å². The zero-order chi connectivity index (χ0) is 12.1. The summed E-state index contributed by atoms with van der Waals surface area (Å²) in [4.78, 5) is 11.7. The number of nitrogens with one attached hydrogen (secondary N) is 1. The molecule has 1 amide bonds. The van der Waals surface area contributed by atoms with Crippen molar-refractivity contribution in [1.29, 1.82) is 0 Å². The number of carbonyl (C=O) groups excluding carboxylic acids is 1. The van der Waals surface area contributed by atoms with Crippen molar-refractivity contribution in [3.8, 4) is 5.75 Å². The predicted molar refractivity (Wildman–Crippen MR) is 61.7 cm³/mol. The van der Waals surface area contributed by atoms with E-state index >= 15 is 0 Å². The Bertz CT molecular complexity index is 468. The maximum Gasteiger partial charge on any atom is 0.265 e. The molecule has 5 nitrogen and oxygen atoms in total. The fourth-order valence-electron chi connectivity index (χ4n) is 1.27. The molecule has 0 saturated heterocycles. The largest absolute Gasteiger partial charge is 0.481 e. The summed E-state index contributed by atoms with van der Waals surface area (Å²) < 4.78 is 10.1. The number of ether oxygens (including phenoxy) is 1. The van der Waals surface area contributed by atoms with Crippen LogP contribution in [0.5, 0.6) is 5.75 Å². The summed E-state index contributed by atoms with van der Waals surface area (Å²) in [5.74, 6) is 0.400. The lowest BCUT2D eigenvalue weighted by Gasteiger charge is -2.13. The topological polar surface area (TPSA) is 64.4 Å². The van der Waals surface area contributed by atoms with Gasteiger partial charge in [-0.15, -0.1) is 0 Å². The zero-order valence-electron chi connectivity index (χ0n) is 9.29. The van der Waals surface area contributed by atoms with Gasteiger partial charge >= 0.3 is 0 Å². The zero-order valence-corrected chi connectivity index (χ0v) is 9.29. The summed E-state index contributed by atoms with van der Waals surface area (Å²) in [6.07, 6.45) is 2.19. The maximum atomic E-state index is 11.7. The van der Waals surface area contributed by atoms with Crippen molar-refractivity contribution in [2.75, 3.05) is 5.32 Å². The molecule has 1 N–H and O–H groups in total. The number of anilines is 1. The first kappa shape index (κ1) is 11.2. The third-order valence-corrected chi connectivity index (χ3v) is 2.13. The third kappa shape index (κ3) is 3.07. The Kier molecular flexibility index (Phi) is 3.40. The number of benzene rings is 1. The first-order chi connectivity index (χ1) is 8.25. The van der Waals surface area contributed by atoms with Crippen LogP contribution in [0.15, 0.2) is 47.3 Å². The van der Waals surface area contributed by atoms with Gasteiger partial charge in [-0.1, -0.05) is 23.4 Å². The number of hydrogen-bond donors (Lipinski definition) is 1. The number of aromatic nitrogens is 1. The summed E-state index contributed by atoms with van der Waals surface area (Å²) in [7, 11) is 0. The second kappa shape index (κ2) is 5.16. The Morgan fingerprint density at radius 3 is 2.82 bits per heavy atom. The van der Waals surface area contributed by atoms with E-state index in [0.29, 0.717) is 11.4 Å². The highest BCUT2D eigenvalue weighted by Gasteiger charge is 2.15. The van der Waals surface area contributed by atoms with Gasteiger partial charge in [-0.2, -0.15) is 0 Å². The maximum absolute atomic E-state index is 11.7. The van der Waals surface area contributed by atoms with Crippen LogP contribution in [0.2, 0.25) is 0 Å². The Morgan fingerprint density at radius 2 is 2.18 bits per heavy atom. The Balaban J connectivity index is 1.92. The van der Waals surface area contributed by atoms with Gasteiger partial charge in [-0.3, -0.25) is 4.79 Å². The van der Waals surface area contributed by atoms with E-state index in [1.165, 1.54) is 12.5 Å². The molecule has 0 fully saturated rings. The van der Waals surface area contributed by atoms with Crippen molar-refractivity contribution in [1.82, 2.24) is 5.16 Å². The number of carbonyl (C=O) groups is 1. The summed E-state index contributed by atoms with van der Waals surface area (Å²) in [5, 5.41) is 6.11. The molecular formula is C12H12N2O3. The molecule has 2 aromatic rings. The van der Waals surface area contributed by atoms with Crippen LogP contribution in [0.1, 0.15) is 6.92 Å². The highest BCUT2D eigenvalue weighted by Crippen LogP contribution is 2.12. The predicted octanol–water partition coefficient (Wildman–Crippen LogP) is 2.08.